The fourth-order valence-corrected chi connectivity index (χ4v) is 2.80. The summed E-state index contributed by atoms with van der Waals surface area (Å²) < 4.78 is 10.4. The molecule has 1 amide bonds. The van der Waals surface area contributed by atoms with E-state index in [1.54, 1.807) is 30.3 Å². The summed E-state index contributed by atoms with van der Waals surface area (Å²) in [4.78, 5) is 36.2. The largest absolute Gasteiger partial charge is 0.496 e. The highest BCUT2D eigenvalue weighted by Crippen LogP contribution is 2.20. The maximum atomic E-state index is 12.3. The van der Waals surface area contributed by atoms with Crippen molar-refractivity contribution >= 4 is 23.3 Å². The van der Waals surface area contributed by atoms with Gasteiger partial charge in [0.1, 0.15) is 5.75 Å². The van der Waals surface area contributed by atoms with Crippen molar-refractivity contribution in [2.75, 3.05) is 19.0 Å². The molecule has 6 heteroatoms. The van der Waals surface area contributed by atoms with Gasteiger partial charge in [-0.25, -0.2) is 0 Å². The maximum Gasteiger partial charge on any atom is 0.310 e. The quantitative estimate of drug-likeness (QED) is 0.512. The number of methoxy groups -OCH3 is 1. The summed E-state index contributed by atoms with van der Waals surface area (Å²) in [5.74, 6) is -0.00620. The monoisotopic (exact) mass is 397 g/mol. The maximum absolute atomic E-state index is 12.3. The molecule has 0 unspecified atom stereocenters. The van der Waals surface area contributed by atoms with Crippen LogP contribution in [0.25, 0.3) is 0 Å². The Labute approximate surface area is 171 Å². The van der Waals surface area contributed by atoms with Gasteiger partial charge in [-0.3, -0.25) is 14.4 Å². The zero-order chi connectivity index (χ0) is 21.4. The second-order valence-electron chi connectivity index (χ2n) is 7.30. The fourth-order valence-electron chi connectivity index (χ4n) is 2.80. The van der Waals surface area contributed by atoms with E-state index in [1.165, 1.54) is 7.11 Å². The molecule has 0 radical (unpaired) electrons. The van der Waals surface area contributed by atoms with Gasteiger partial charge >= 0.3 is 5.97 Å². The van der Waals surface area contributed by atoms with Gasteiger partial charge in [-0.05, 0) is 43.2 Å². The van der Waals surface area contributed by atoms with E-state index >= 15 is 0 Å². The molecule has 0 fully saturated rings. The Kier molecular flexibility index (Phi) is 7.95. The predicted octanol–water partition coefficient (Wildman–Crippen LogP) is 3.96. The van der Waals surface area contributed by atoms with Crippen LogP contribution in [0.4, 0.5) is 5.69 Å². The highest BCUT2D eigenvalue weighted by molar-refractivity contribution is 5.99. The van der Waals surface area contributed by atoms with E-state index in [-0.39, 0.29) is 30.6 Å². The molecule has 2 aromatic rings. The molecule has 0 bridgehead atoms. The zero-order valence-electron chi connectivity index (χ0n) is 17.3. The zero-order valence-corrected chi connectivity index (χ0v) is 17.3. The van der Waals surface area contributed by atoms with Gasteiger partial charge in [-0.1, -0.05) is 31.5 Å². The van der Waals surface area contributed by atoms with Gasteiger partial charge in [-0.2, -0.15) is 0 Å². The van der Waals surface area contributed by atoms with Gasteiger partial charge in [0.25, 0.3) is 0 Å². The first-order valence-electron chi connectivity index (χ1n) is 9.50. The number of aryl methyl sites for hydroxylation is 1. The Morgan fingerprint density at radius 3 is 2.34 bits per heavy atom. The molecule has 154 valence electrons. The summed E-state index contributed by atoms with van der Waals surface area (Å²) in [7, 11) is 1.54. The predicted molar refractivity (Wildman–Crippen MR) is 111 cm³/mol. The van der Waals surface area contributed by atoms with Crippen LogP contribution in [0.15, 0.2) is 42.5 Å². The Bertz CT molecular complexity index is 871. The van der Waals surface area contributed by atoms with E-state index in [9.17, 15) is 14.4 Å². The SMILES string of the molecule is COc1ccc(C)cc1CC(=O)OCC(=O)c1ccc(NC(=O)CC(C)C)cc1. The number of rotatable bonds is 9. The third-order valence-corrected chi connectivity index (χ3v) is 4.22. The summed E-state index contributed by atoms with van der Waals surface area (Å²) >= 11 is 0. The number of anilines is 1. The van der Waals surface area contributed by atoms with Crippen LogP contribution < -0.4 is 10.1 Å². The van der Waals surface area contributed by atoms with Gasteiger partial charge in [0.2, 0.25) is 5.91 Å². The summed E-state index contributed by atoms with van der Waals surface area (Å²) in [5, 5.41) is 2.78. The molecule has 0 atom stereocenters. The summed E-state index contributed by atoms with van der Waals surface area (Å²) in [6.07, 6.45) is 0.460. The molecule has 2 aromatic carbocycles. The minimum absolute atomic E-state index is 0.0267. The minimum Gasteiger partial charge on any atom is -0.496 e. The smallest absolute Gasteiger partial charge is 0.310 e. The van der Waals surface area contributed by atoms with Crippen LogP contribution in [0.3, 0.4) is 0 Å². The Balaban J connectivity index is 1.88. The van der Waals surface area contributed by atoms with Crippen LogP contribution in [0.2, 0.25) is 0 Å². The molecule has 0 aliphatic carbocycles. The number of Topliss-reactive ketones (excluding diaryl/α,β-unsaturated/α-hetero) is 1. The second kappa shape index (κ2) is 10.4. The average molecular weight is 397 g/mol. The number of carbonyl (C=O) groups excluding carboxylic acids is 3. The van der Waals surface area contributed by atoms with Gasteiger partial charge < -0.3 is 14.8 Å². The lowest BCUT2D eigenvalue weighted by Gasteiger charge is -2.10. The van der Waals surface area contributed by atoms with E-state index in [0.717, 1.165) is 5.56 Å². The van der Waals surface area contributed by atoms with Crippen LogP contribution in [0.5, 0.6) is 5.75 Å². The van der Waals surface area contributed by atoms with Crippen LogP contribution >= 0.6 is 0 Å². The molecule has 6 nitrogen and oxygen atoms in total. The number of hydrogen-bond acceptors (Lipinski definition) is 5. The van der Waals surface area contributed by atoms with Gasteiger partial charge in [0.05, 0.1) is 13.5 Å². The summed E-state index contributed by atoms with van der Waals surface area (Å²) in [6, 6.07) is 12.1. The summed E-state index contributed by atoms with van der Waals surface area (Å²) in [6.45, 7) is 5.52. The van der Waals surface area contributed by atoms with Crippen molar-refractivity contribution < 1.29 is 23.9 Å². The van der Waals surface area contributed by atoms with Gasteiger partial charge in [-0.15, -0.1) is 0 Å². The molecule has 2 rings (SSSR count). The molecule has 0 aromatic heterocycles. The van der Waals surface area contributed by atoms with Crippen molar-refractivity contribution in [3.05, 3.63) is 59.2 Å². The van der Waals surface area contributed by atoms with Crippen molar-refractivity contribution in [3.63, 3.8) is 0 Å². The van der Waals surface area contributed by atoms with Crippen LogP contribution in [-0.2, 0) is 20.7 Å². The van der Waals surface area contributed by atoms with Crippen molar-refractivity contribution in [1.82, 2.24) is 0 Å². The molecule has 0 spiro atoms. The highest BCUT2D eigenvalue weighted by atomic mass is 16.5. The van der Waals surface area contributed by atoms with Crippen LogP contribution in [0, 0.1) is 12.8 Å². The van der Waals surface area contributed by atoms with Crippen molar-refractivity contribution in [2.45, 2.75) is 33.6 Å². The Hall–Kier alpha value is -3.15. The minimum atomic E-state index is -0.500. The third kappa shape index (κ3) is 7.07. The number of hydrogen-bond donors (Lipinski definition) is 1. The first-order valence-corrected chi connectivity index (χ1v) is 9.50. The number of nitrogens with one attached hydrogen (secondary N) is 1. The summed E-state index contributed by atoms with van der Waals surface area (Å²) in [5.41, 5.74) is 2.75. The van der Waals surface area contributed by atoms with Crippen molar-refractivity contribution in [3.8, 4) is 5.75 Å². The highest BCUT2D eigenvalue weighted by Gasteiger charge is 2.14. The standard InChI is InChI=1S/C23H27NO5/c1-15(2)11-22(26)24-19-8-6-17(7-9-19)20(25)14-29-23(27)13-18-12-16(3)5-10-21(18)28-4/h5-10,12,15H,11,13-14H2,1-4H3,(H,24,26). The third-order valence-electron chi connectivity index (χ3n) is 4.22. The van der Waals surface area contributed by atoms with Crippen LogP contribution in [0.1, 0.15) is 41.8 Å². The Morgan fingerprint density at radius 1 is 1.03 bits per heavy atom. The molecule has 0 aliphatic heterocycles. The number of ketones is 1. The van der Waals surface area contributed by atoms with Crippen LogP contribution in [-0.4, -0.2) is 31.4 Å². The average Bonchev–Trinajstić information content (AvgIpc) is 2.66. The lowest BCUT2D eigenvalue weighted by molar-refractivity contribution is -0.141. The molecule has 0 aliphatic rings. The van der Waals surface area contributed by atoms with E-state index in [1.807, 2.05) is 32.9 Å². The molecule has 0 saturated carbocycles. The van der Waals surface area contributed by atoms with E-state index in [0.29, 0.717) is 29.0 Å². The number of esters is 1. The van der Waals surface area contributed by atoms with Gasteiger partial charge in [0.15, 0.2) is 12.4 Å². The van der Waals surface area contributed by atoms with Crippen molar-refractivity contribution in [2.24, 2.45) is 5.92 Å². The molecule has 29 heavy (non-hydrogen) atoms. The number of benzene rings is 2. The van der Waals surface area contributed by atoms with E-state index in [4.69, 9.17) is 9.47 Å². The number of carbonyl (C=O) groups is 3. The number of amides is 1. The topological polar surface area (TPSA) is 81.7 Å². The lowest BCUT2D eigenvalue weighted by atomic mass is 10.1. The fraction of sp³-hybridized carbons (Fsp3) is 0.348. The first-order chi connectivity index (χ1) is 13.8. The lowest BCUT2D eigenvalue weighted by Crippen LogP contribution is -2.16. The molecular formula is C23H27NO5. The van der Waals surface area contributed by atoms with E-state index < -0.39 is 5.97 Å². The van der Waals surface area contributed by atoms with Crippen molar-refractivity contribution in [1.29, 1.82) is 0 Å². The molecule has 0 saturated heterocycles. The first kappa shape index (κ1) is 22.1. The number of ether oxygens (including phenoxy) is 2. The molecule has 0 heterocycles. The molecular weight excluding hydrogens is 370 g/mol. The van der Waals surface area contributed by atoms with E-state index in [2.05, 4.69) is 5.32 Å². The normalized spacial score (nSPS) is 10.5. The van der Waals surface area contributed by atoms with Gasteiger partial charge in [0, 0.05) is 23.2 Å². The Morgan fingerprint density at radius 2 is 1.72 bits per heavy atom. The molecule has 1 N–H and O–H groups in total. The second-order valence-corrected chi connectivity index (χ2v) is 7.30.